The number of likely N-dealkylation sites (tertiary alicyclic amines) is 1. The highest BCUT2D eigenvalue weighted by Gasteiger charge is 2.56. The second-order valence-corrected chi connectivity index (χ2v) is 8.71. The van der Waals surface area contributed by atoms with E-state index in [1.165, 1.54) is 19.2 Å². The highest BCUT2D eigenvalue weighted by atomic mass is 19.4. The van der Waals surface area contributed by atoms with Crippen molar-refractivity contribution in [1.29, 1.82) is 0 Å². The van der Waals surface area contributed by atoms with Gasteiger partial charge >= 0.3 is 6.36 Å². The summed E-state index contributed by atoms with van der Waals surface area (Å²) in [6, 6.07) is 12.7. The van der Waals surface area contributed by atoms with Crippen LogP contribution in [0, 0.1) is 0 Å². The number of methoxy groups -OCH3 is 1. The maximum absolute atomic E-state index is 13.3. The Hall–Kier alpha value is -2.76. The zero-order valence-corrected chi connectivity index (χ0v) is 19.6. The fourth-order valence-electron chi connectivity index (χ4n) is 4.52. The molecule has 0 saturated carbocycles. The highest BCUT2D eigenvalue weighted by Crippen LogP contribution is 2.47. The summed E-state index contributed by atoms with van der Waals surface area (Å²) < 4.78 is 63.1. The number of carbonyl (C=O) groups is 1. The molecule has 0 N–H and O–H groups in total. The Kier molecular flexibility index (Phi) is 7.03. The predicted molar refractivity (Wildman–Crippen MR) is 123 cm³/mol. The molecule has 1 amide bonds. The Balaban J connectivity index is 1.46. The molecule has 13 heteroatoms. The molecule has 2 fully saturated rings. The number of piperidine rings is 1. The average Bonchev–Trinajstić information content (AvgIpc) is 3.11. The SMILES string of the molecule is BC1(B)OC2CN(C(=O)c3ccc(OCCOC(F)(F)F)c(OC)n3)CCC2(c2ccccc2)O1. The molecule has 0 radical (unpaired) electrons. The van der Waals surface area contributed by atoms with E-state index in [1.807, 2.05) is 46.0 Å². The number of rotatable bonds is 7. The molecule has 2 saturated heterocycles. The number of hydrogen-bond donors (Lipinski definition) is 0. The Morgan fingerprint density at radius 3 is 2.63 bits per heavy atom. The molecular weight excluding hydrogens is 467 g/mol. The molecule has 2 aromatic rings. The summed E-state index contributed by atoms with van der Waals surface area (Å²) in [4.78, 5) is 19.1. The number of alkyl halides is 3. The lowest BCUT2D eigenvalue weighted by Crippen LogP contribution is -2.53. The number of hydrogen-bond acceptors (Lipinski definition) is 7. The standard InChI is InChI=1S/C22H25B2F3N2O6/c1-31-18-16(32-11-12-33-22(25,26)27)8-7-15(28-18)19(30)29-10-9-20(14-5-3-2-4-6-14)17(13-29)34-21(23,24)35-20/h2-8,17H,9-13,23-24H2,1H3. The monoisotopic (exact) mass is 492 g/mol. The van der Waals surface area contributed by atoms with Crippen molar-refractivity contribution in [3.63, 3.8) is 0 Å². The molecule has 1 aromatic heterocycles. The van der Waals surface area contributed by atoms with Crippen LogP contribution < -0.4 is 9.47 Å². The summed E-state index contributed by atoms with van der Waals surface area (Å²) in [5, 5.41) is 0. The van der Waals surface area contributed by atoms with Crippen molar-refractivity contribution >= 4 is 21.6 Å². The van der Waals surface area contributed by atoms with Crippen LogP contribution in [0.1, 0.15) is 22.5 Å². The smallest absolute Gasteiger partial charge is 0.486 e. The second-order valence-electron chi connectivity index (χ2n) is 8.71. The number of halogens is 3. The van der Waals surface area contributed by atoms with Crippen molar-refractivity contribution in [2.45, 2.75) is 30.1 Å². The van der Waals surface area contributed by atoms with Crippen molar-refractivity contribution in [1.82, 2.24) is 9.88 Å². The number of nitrogens with zero attached hydrogens (tertiary/aromatic N) is 2. The van der Waals surface area contributed by atoms with Crippen LogP contribution in [0.15, 0.2) is 42.5 Å². The van der Waals surface area contributed by atoms with Crippen LogP contribution >= 0.6 is 0 Å². The molecule has 3 heterocycles. The first-order valence-corrected chi connectivity index (χ1v) is 11.1. The molecule has 2 aliphatic heterocycles. The minimum Gasteiger partial charge on any atom is -0.486 e. The Bertz CT molecular complexity index is 1060. The van der Waals surface area contributed by atoms with Gasteiger partial charge in [0, 0.05) is 13.0 Å². The Labute approximate surface area is 202 Å². The van der Waals surface area contributed by atoms with E-state index in [2.05, 4.69) is 9.72 Å². The minimum absolute atomic E-state index is 0.0138. The first-order valence-electron chi connectivity index (χ1n) is 11.1. The molecule has 186 valence electrons. The van der Waals surface area contributed by atoms with Gasteiger partial charge in [0.2, 0.25) is 0 Å². The lowest BCUT2D eigenvalue weighted by molar-refractivity contribution is -0.325. The average molecular weight is 492 g/mol. The van der Waals surface area contributed by atoms with Gasteiger partial charge in [-0.1, -0.05) is 30.3 Å². The van der Waals surface area contributed by atoms with E-state index in [9.17, 15) is 18.0 Å². The highest BCUT2D eigenvalue weighted by molar-refractivity contribution is 6.38. The van der Waals surface area contributed by atoms with Gasteiger partial charge in [0.05, 0.1) is 25.8 Å². The van der Waals surface area contributed by atoms with Crippen LogP contribution in [0.25, 0.3) is 0 Å². The van der Waals surface area contributed by atoms with Crippen molar-refractivity contribution < 1.29 is 41.7 Å². The van der Waals surface area contributed by atoms with E-state index in [0.717, 1.165) is 5.56 Å². The Morgan fingerprint density at radius 1 is 1.20 bits per heavy atom. The van der Waals surface area contributed by atoms with Gasteiger partial charge in [0.25, 0.3) is 11.8 Å². The van der Waals surface area contributed by atoms with Gasteiger partial charge in [-0.2, -0.15) is 0 Å². The van der Waals surface area contributed by atoms with Crippen LogP contribution in [0.3, 0.4) is 0 Å². The van der Waals surface area contributed by atoms with E-state index in [1.54, 1.807) is 4.90 Å². The molecule has 0 bridgehead atoms. The molecule has 2 atom stereocenters. The van der Waals surface area contributed by atoms with Crippen LogP contribution in [0.4, 0.5) is 13.2 Å². The zero-order chi connectivity index (χ0) is 25.3. The quantitative estimate of drug-likeness (QED) is 0.423. The molecule has 0 spiro atoms. The lowest BCUT2D eigenvalue weighted by atomic mass is 9.76. The predicted octanol–water partition coefficient (Wildman–Crippen LogP) is 1.04. The number of amides is 1. The van der Waals surface area contributed by atoms with E-state index in [0.29, 0.717) is 19.5 Å². The fraction of sp³-hybridized carbons (Fsp3) is 0.455. The van der Waals surface area contributed by atoms with Crippen LogP contribution in [-0.2, 0) is 19.8 Å². The first kappa shape index (κ1) is 25.3. The van der Waals surface area contributed by atoms with Crippen molar-refractivity contribution in [2.24, 2.45) is 0 Å². The van der Waals surface area contributed by atoms with Crippen molar-refractivity contribution in [3.05, 3.63) is 53.7 Å². The lowest BCUT2D eigenvalue weighted by Gasteiger charge is -2.42. The third-order valence-electron chi connectivity index (χ3n) is 5.91. The molecule has 8 nitrogen and oxygen atoms in total. The number of pyridine rings is 1. The third-order valence-corrected chi connectivity index (χ3v) is 5.91. The third kappa shape index (κ3) is 5.57. The minimum atomic E-state index is -4.74. The van der Waals surface area contributed by atoms with Gasteiger partial charge in [-0.25, -0.2) is 4.98 Å². The van der Waals surface area contributed by atoms with Gasteiger partial charge in [0.15, 0.2) is 21.4 Å². The maximum Gasteiger partial charge on any atom is 0.522 e. The summed E-state index contributed by atoms with van der Waals surface area (Å²) in [6.45, 7) is -0.341. The number of aromatic nitrogens is 1. The topological polar surface area (TPSA) is 79.4 Å². The maximum atomic E-state index is 13.3. The van der Waals surface area contributed by atoms with E-state index >= 15 is 0 Å². The summed E-state index contributed by atoms with van der Waals surface area (Å²) in [6.07, 6.45) is -4.58. The molecular formula is C22H25B2F3N2O6. The Morgan fingerprint density at radius 2 is 1.94 bits per heavy atom. The van der Waals surface area contributed by atoms with Gasteiger partial charge in [0.1, 0.15) is 24.0 Å². The number of fused-ring (bicyclic) bond motifs is 1. The van der Waals surface area contributed by atoms with Crippen LogP contribution in [-0.4, -0.2) is 82.9 Å². The summed E-state index contributed by atoms with van der Waals surface area (Å²) in [5.41, 5.74) is -0.358. The van der Waals surface area contributed by atoms with Gasteiger partial charge in [-0.05, 0) is 17.7 Å². The van der Waals surface area contributed by atoms with E-state index in [-0.39, 0.29) is 35.9 Å². The fourth-order valence-corrected chi connectivity index (χ4v) is 4.52. The van der Waals surface area contributed by atoms with Gasteiger partial charge in [-0.3, -0.25) is 9.53 Å². The molecule has 2 unspecified atom stereocenters. The molecule has 2 aliphatic rings. The number of carbonyl (C=O) groups excluding carboxylic acids is 1. The van der Waals surface area contributed by atoms with Crippen molar-refractivity contribution in [2.75, 3.05) is 33.4 Å². The molecule has 35 heavy (non-hydrogen) atoms. The molecule has 4 rings (SSSR count). The zero-order valence-electron chi connectivity index (χ0n) is 19.6. The van der Waals surface area contributed by atoms with Gasteiger partial charge in [-0.15, -0.1) is 13.2 Å². The first-order chi connectivity index (χ1) is 16.5. The summed E-state index contributed by atoms with van der Waals surface area (Å²) in [5.74, 6) is -0.240. The van der Waals surface area contributed by atoms with Crippen LogP contribution in [0.2, 0.25) is 0 Å². The van der Waals surface area contributed by atoms with Gasteiger partial charge < -0.3 is 23.8 Å². The largest absolute Gasteiger partial charge is 0.522 e. The number of benzene rings is 1. The summed E-state index contributed by atoms with van der Waals surface area (Å²) in [7, 11) is 5.04. The summed E-state index contributed by atoms with van der Waals surface area (Å²) >= 11 is 0. The normalized spacial score (nSPS) is 23.5. The number of ether oxygens (including phenoxy) is 5. The molecule has 1 aromatic carbocycles. The van der Waals surface area contributed by atoms with E-state index < -0.39 is 24.2 Å². The van der Waals surface area contributed by atoms with E-state index in [4.69, 9.17) is 18.9 Å². The second kappa shape index (κ2) is 9.71. The molecule has 0 aliphatic carbocycles. The van der Waals surface area contributed by atoms with Crippen LogP contribution in [0.5, 0.6) is 11.6 Å². The van der Waals surface area contributed by atoms with Crippen molar-refractivity contribution in [3.8, 4) is 11.6 Å².